The van der Waals surface area contributed by atoms with Gasteiger partial charge in [0.25, 0.3) is 0 Å². The van der Waals surface area contributed by atoms with E-state index in [2.05, 4.69) is 19.6 Å². The quantitative estimate of drug-likeness (QED) is 0.597. The largest absolute Gasteiger partial charge is 0.482 e. The van der Waals surface area contributed by atoms with E-state index in [1.807, 2.05) is 0 Å². The van der Waals surface area contributed by atoms with Gasteiger partial charge in [-0.05, 0) is 93.6 Å². The predicted molar refractivity (Wildman–Crippen MR) is 123 cm³/mol. The van der Waals surface area contributed by atoms with Gasteiger partial charge in [0.1, 0.15) is 18.0 Å². The summed E-state index contributed by atoms with van der Waals surface area (Å²) in [5, 5.41) is 11.7. The third-order valence-electron chi connectivity index (χ3n) is 9.57. The van der Waals surface area contributed by atoms with Crippen LogP contribution in [0.25, 0.3) is 0 Å². The Hall–Kier alpha value is -2.01. The first-order valence-electron chi connectivity index (χ1n) is 12.4. The molecular formula is C28H34F2O3. The molecule has 1 aromatic carbocycles. The summed E-state index contributed by atoms with van der Waals surface area (Å²) in [6.07, 6.45) is 9.87. The smallest absolute Gasteiger partial charge is 0.202 e. The fourth-order valence-corrected chi connectivity index (χ4v) is 7.88. The zero-order valence-electron chi connectivity index (χ0n) is 19.6. The van der Waals surface area contributed by atoms with Gasteiger partial charge in [0.05, 0.1) is 0 Å². The monoisotopic (exact) mass is 456 g/mol. The summed E-state index contributed by atoms with van der Waals surface area (Å²) < 4.78 is 33.1. The Morgan fingerprint density at radius 3 is 2.70 bits per heavy atom. The molecule has 1 aromatic rings. The molecule has 0 amide bonds. The first-order chi connectivity index (χ1) is 15.6. The maximum absolute atomic E-state index is 14.2. The minimum Gasteiger partial charge on any atom is -0.482 e. The lowest BCUT2D eigenvalue weighted by atomic mass is 9.50. The van der Waals surface area contributed by atoms with Gasteiger partial charge in [-0.25, -0.2) is 8.78 Å². The second-order valence-electron chi connectivity index (χ2n) is 11.1. The molecule has 0 radical (unpaired) electrons. The lowest BCUT2D eigenvalue weighted by Crippen LogP contribution is -2.57. The number of ether oxygens (including phenoxy) is 1. The number of allylic oxidation sites excluding steroid dienone is 3. The van der Waals surface area contributed by atoms with Crippen LogP contribution in [0.2, 0.25) is 0 Å². The Labute approximate surface area is 194 Å². The van der Waals surface area contributed by atoms with Crippen LogP contribution >= 0.6 is 0 Å². The fourth-order valence-electron chi connectivity index (χ4n) is 7.88. The van der Waals surface area contributed by atoms with Crippen molar-refractivity contribution in [3.8, 4) is 5.75 Å². The topological polar surface area (TPSA) is 46.5 Å². The molecule has 33 heavy (non-hydrogen) atoms. The van der Waals surface area contributed by atoms with Crippen LogP contribution in [0.5, 0.6) is 5.75 Å². The number of hydrogen-bond acceptors (Lipinski definition) is 3. The molecule has 5 rings (SSSR count). The number of halogens is 2. The van der Waals surface area contributed by atoms with E-state index in [1.165, 1.54) is 18.1 Å². The van der Waals surface area contributed by atoms with Crippen molar-refractivity contribution in [3.05, 3.63) is 53.1 Å². The molecule has 3 saturated carbocycles. The zero-order valence-corrected chi connectivity index (χ0v) is 19.6. The Kier molecular flexibility index (Phi) is 5.55. The van der Waals surface area contributed by atoms with Gasteiger partial charge in [-0.1, -0.05) is 30.7 Å². The van der Waals surface area contributed by atoms with Crippen LogP contribution in [-0.4, -0.2) is 23.1 Å². The second kappa shape index (κ2) is 8.04. The number of aryl methyl sites for hydroxylation is 1. The molecule has 178 valence electrons. The van der Waals surface area contributed by atoms with Crippen molar-refractivity contribution in [3.63, 3.8) is 0 Å². The molecular weight excluding hydrogens is 422 g/mol. The number of aliphatic hydroxyl groups is 1. The first-order valence-corrected chi connectivity index (χ1v) is 12.4. The number of ketones is 1. The van der Waals surface area contributed by atoms with Crippen molar-refractivity contribution < 1.29 is 23.4 Å². The van der Waals surface area contributed by atoms with E-state index >= 15 is 0 Å². The molecule has 0 heterocycles. The Bertz CT molecular complexity index is 1010. The van der Waals surface area contributed by atoms with Crippen molar-refractivity contribution in [2.24, 2.45) is 29.1 Å². The molecule has 0 aromatic heterocycles. The van der Waals surface area contributed by atoms with Crippen molar-refractivity contribution in [1.29, 1.82) is 0 Å². The van der Waals surface area contributed by atoms with E-state index in [4.69, 9.17) is 4.74 Å². The van der Waals surface area contributed by atoms with Crippen molar-refractivity contribution >= 4 is 5.78 Å². The SMILES string of the molecule is C=C1C=C2CCC3C(CCC4(C)C3CC[C@]4(O)C(=O)COc3c(C)cc(F)cc3F)C2CC1. The van der Waals surface area contributed by atoms with E-state index in [0.717, 1.165) is 44.6 Å². The lowest BCUT2D eigenvalue weighted by Gasteiger charge is -2.55. The summed E-state index contributed by atoms with van der Waals surface area (Å²) in [6, 6.07) is 1.93. The van der Waals surface area contributed by atoms with Gasteiger partial charge in [-0.15, -0.1) is 0 Å². The number of fused-ring (bicyclic) bond motifs is 5. The molecule has 0 aliphatic heterocycles. The Morgan fingerprint density at radius 2 is 1.94 bits per heavy atom. The summed E-state index contributed by atoms with van der Waals surface area (Å²) in [4.78, 5) is 13.3. The van der Waals surface area contributed by atoms with E-state index < -0.39 is 29.3 Å². The summed E-state index contributed by atoms with van der Waals surface area (Å²) in [5.74, 6) is 0.0546. The Morgan fingerprint density at radius 1 is 1.15 bits per heavy atom. The molecule has 3 nitrogen and oxygen atoms in total. The van der Waals surface area contributed by atoms with Crippen LogP contribution in [0.4, 0.5) is 8.78 Å². The second-order valence-corrected chi connectivity index (χ2v) is 11.1. The van der Waals surface area contributed by atoms with Crippen molar-refractivity contribution in [2.75, 3.05) is 6.61 Å². The van der Waals surface area contributed by atoms with Crippen LogP contribution in [0.15, 0.2) is 35.9 Å². The van der Waals surface area contributed by atoms with Crippen LogP contribution in [0, 0.1) is 47.6 Å². The standard InChI is InChI=1S/C28H34F2O3/c1-16-4-6-20-18(12-16)5-7-22-21(20)8-10-27(3)23(22)9-11-28(27,32)25(31)15-33-26-17(2)13-19(29)14-24(26)30/h12-14,20-23,32H,1,4-11,15H2,2-3H3/t20?,21?,22?,23?,27?,28-/m0/s1. The van der Waals surface area contributed by atoms with Crippen LogP contribution in [-0.2, 0) is 4.79 Å². The molecule has 6 atom stereocenters. The average Bonchev–Trinajstić information content (AvgIpc) is 3.04. The molecule has 5 heteroatoms. The first kappa shape index (κ1) is 22.8. The highest BCUT2D eigenvalue weighted by atomic mass is 19.1. The zero-order chi connectivity index (χ0) is 23.5. The van der Waals surface area contributed by atoms with Crippen LogP contribution in [0.3, 0.4) is 0 Å². The third kappa shape index (κ3) is 3.50. The summed E-state index contributed by atoms with van der Waals surface area (Å²) in [7, 11) is 0. The molecule has 0 spiro atoms. The maximum atomic E-state index is 14.2. The van der Waals surface area contributed by atoms with Gasteiger partial charge in [0, 0.05) is 11.5 Å². The number of benzene rings is 1. The fraction of sp³-hybridized carbons (Fsp3) is 0.607. The Balaban J connectivity index is 1.34. The van der Waals surface area contributed by atoms with E-state index in [1.54, 1.807) is 12.5 Å². The third-order valence-corrected chi connectivity index (χ3v) is 9.57. The highest BCUT2D eigenvalue weighted by Crippen LogP contribution is 2.65. The number of Topliss-reactive ketones (excluding diaryl/α,β-unsaturated/α-hetero) is 1. The van der Waals surface area contributed by atoms with Gasteiger partial charge in [-0.3, -0.25) is 4.79 Å². The minimum atomic E-state index is -1.47. The van der Waals surface area contributed by atoms with Crippen molar-refractivity contribution in [1.82, 2.24) is 0 Å². The summed E-state index contributed by atoms with van der Waals surface area (Å²) in [5.41, 5.74) is 1.14. The summed E-state index contributed by atoms with van der Waals surface area (Å²) >= 11 is 0. The number of carbonyl (C=O) groups excluding carboxylic acids is 1. The highest BCUT2D eigenvalue weighted by Gasteiger charge is 2.64. The molecule has 0 saturated heterocycles. The summed E-state index contributed by atoms with van der Waals surface area (Å²) in [6.45, 7) is 7.38. The molecule has 5 unspecified atom stereocenters. The number of hydrogen-bond donors (Lipinski definition) is 1. The maximum Gasteiger partial charge on any atom is 0.202 e. The lowest BCUT2D eigenvalue weighted by molar-refractivity contribution is -0.161. The van der Waals surface area contributed by atoms with Gasteiger partial charge in [0.2, 0.25) is 5.78 Å². The van der Waals surface area contributed by atoms with Crippen LogP contribution in [0.1, 0.15) is 63.9 Å². The van der Waals surface area contributed by atoms with Gasteiger partial charge >= 0.3 is 0 Å². The predicted octanol–water partition coefficient (Wildman–Crippen LogP) is 6.08. The normalized spacial score (nSPS) is 37.6. The van der Waals surface area contributed by atoms with E-state index in [9.17, 15) is 18.7 Å². The molecule has 3 fully saturated rings. The average molecular weight is 457 g/mol. The van der Waals surface area contributed by atoms with Gasteiger partial charge in [0.15, 0.2) is 11.6 Å². The minimum absolute atomic E-state index is 0.123. The molecule has 0 bridgehead atoms. The molecule has 4 aliphatic rings. The van der Waals surface area contributed by atoms with E-state index in [0.29, 0.717) is 35.7 Å². The van der Waals surface area contributed by atoms with Gasteiger partial charge < -0.3 is 9.84 Å². The number of rotatable bonds is 4. The van der Waals surface area contributed by atoms with E-state index in [-0.39, 0.29) is 11.5 Å². The van der Waals surface area contributed by atoms with Gasteiger partial charge in [-0.2, -0.15) is 0 Å². The van der Waals surface area contributed by atoms with Crippen molar-refractivity contribution in [2.45, 2.75) is 70.8 Å². The molecule has 4 aliphatic carbocycles. The number of carbonyl (C=O) groups is 1. The highest BCUT2D eigenvalue weighted by molar-refractivity contribution is 5.90. The molecule has 1 N–H and O–H groups in total. The van der Waals surface area contributed by atoms with Crippen LogP contribution < -0.4 is 4.74 Å².